The van der Waals surface area contributed by atoms with E-state index in [1.807, 2.05) is 27.7 Å². The summed E-state index contributed by atoms with van der Waals surface area (Å²) in [5, 5.41) is 2.91. The predicted octanol–water partition coefficient (Wildman–Crippen LogP) is 3.27. The van der Waals surface area contributed by atoms with Gasteiger partial charge in [-0.25, -0.2) is 8.42 Å². The third-order valence-electron chi connectivity index (χ3n) is 5.07. The van der Waals surface area contributed by atoms with Crippen molar-refractivity contribution in [3.8, 4) is 11.5 Å². The topological polar surface area (TPSA) is 84.9 Å². The maximum Gasteiger partial charge on any atom is 0.241 e. The molecule has 0 saturated heterocycles. The number of methoxy groups -OCH3 is 2. The van der Waals surface area contributed by atoms with Crippen molar-refractivity contribution < 1.29 is 22.7 Å². The fourth-order valence-corrected chi connectivity index (χ4v) is 4.17. The van der Waals surface area contributed by atoms with E-state index < -0.39 is 15.9 Å². The van der Waals surface area contributed by atoms with Crippen molar-refractivity contribution in [2.45, 2.75) is 33.7 Å². The Hall–Kier alpha value is -2.74. The van der Waals surface area contributed by atoms with Crippen molar-refractivity contribution in [1.82, 2.24) is 5.32 Å². The Balaban J connectivity index is 2.26. The van der Waals surface area contributed by atoms with Gasteiger partial charge >= 0.3 is 0 Å². The largest absolute Gasteiger partial charge is 0.493 e. The summed E-state index contributed by atoms with van der Waals surface area (Å²) in [6, 6.07) is 8.59. The summed E-state index contributed by atoms with van der Waals surface area (Å²) in [5.74, 6) is 0.446. The van der Waals surface area contributed by atoms with Crippen LogP contribution in [0.25, 0.3) is 0 Å². The third kappa shape index (κ3) is 5.44. The number of nitrogens with one attached hydrogen (secondary N) is 1. The van der Waals surface area contributed by atoms with Gasteiger partial charge < -0.3 is 14.8 Å². The molecule has 7 nitrogen and oxygen atoms in total. The maximum atomic E-state index is 12.7. The highest BCUT2D eigenvalue weighted by molar-refractivity contribution is 7.92. The van der Waals surface area contributed by atoms with Crippen LogP contribution in [-0.2, 0) is 14.8 Å². The monoisotopic (exact) mass is 434 g/mol. The smallest absolute Gasteiger partial charge is 0.241 e. The van der Waals surface area contributed by atoms with Crippen molar-refractivity contribution in [3.63, 3.8) is 0 Å². The highest BCUT2D eigenvalue weighted by Crippen LogP contribution is 2.32. The van der Waals surface area contributed by atoms with Crippen molar-refractivity contribution in [2.75, 3.05) is 31.3 Å². The molecule has 1 amide bonds. The normalized spacial score (nSPS) is 12.2. The Morgan fingerprint density at radius 1 is 1.00 bits per heavy atom. The molecule has 0 spiro atoms. The molecule has 0 heterocycles. The molecule has 2 aromatic carbocycles. The van der Waals surface area contributed by atoms with Gasteiger partial charge in [-0.3, -0.25) is 9.10 Å². The van der Waals surface area contributed by atoms with Crippen LogP contribution in [0.2, 0.25) is 0 Å². The number of benzene rings is 2. The van der Waals surface area contributed by atoms with Gasteiger partial charge in [-0.05, 0) is 62.1 Å². The second kappa shape index (κ2) is 9.38. The Morgan fingerprint density at radius 3 is 2.17 bits per heavy atom. The van der Waals surface area contributed by atoms with Gasteiger partial charge in [0.25, 0.3) is 0 Å². The highest BCUT2D eigenvalue weighted by atomic mass is 32.2. The zero-order valence-corrected chi connectivity index (χ0v) is 19.4. The summed E-state index contributed by atoms with van der Waals surface area (Å²) in [6.45, 7) is 7.60. The molecule has 0 aliphatic heterocycles. The molecule has 1 atom stereocenters. The quantitative estimate of drug-likeness (QED) is 0.689. The predicted molar refractivity (Wildman–Crippen MR) is 119 cm³/mol. The SMILES string of the molecule is COc1ccc(N(CC(=O)NC(C)c2cc(C)c(C)cc2C)S(C)(=O)=O)cc1OC. The van der Waals surface area contributed by atoms with E-state index in [1.54, 1.807) is 12.1 Å². The summed E-state index contributed by atoms with van der Waals surface area (Å²) in [6.07, 6.45) is 1.06. The van der Waals surface area contributed by atoms with Crippen LogP contribution in [0, 0.1) is 20.8 Å². The van der Waals surface area contributed by atoms with E-state index in [9.17, 15) is 13.2 Å². The van der Waals surface area contributed by atoms with Gasteiger partial charge in [-0.15, -0.1) is 0 Å². The molecule has 0 aliphatic carbocycles. The second-order valence-corrected chi connectivity index (χ2v) is 9.30. The summed E-state index contributed by atoms with van der Waals surface area (Å²) >= 11 is 0. The molecule has 0 bridgehead atoms. The molecule has 0 radical (unpaired) electrons. The van der Waals surface area contributed by atoms with E-state index >= 15 is 0 Å². The van der Waals surface area contributed by atoms with Gasteiger partial charge in [-0.2, -0.15) is 0 Å². The molecule has 0 aromatic heterocycles. The van der Waals surface area contributed by atoms with Crippen molar-refractivity contribution in [1.29, 1.82) is 0 Å². The highest BCUT2D eigenvalue weighted by Gasteiger charge is 2.23. The average Bonchev–Trinajstić information content (AvgIpc) is 2.67. The standard InChI is InChI=1S/C22H30N2O5S/c1-14-10-16(3)19(11-15(14)2)17(4)23-22(25)13-24(30(7,26)27)18-8-9-20(28-5)21(12-18)29-6/h8-12,17H,13H2,1-7H3,(H,23,25). The van der Waals surface area contributed by atoms with Gasteiger partial charge in [0.1, 0.15) is 6.54 Å². The van der Waals surface area contributed by atoms with Crippen LogP contribution in [0.5, 0.6) is 11.5 Å². The summed E-state index contributed by atoms with van der Waals surface area (Å²) in [4.78, 5) is 12.7. The number of hydrogen-bond donors (Lipinski definition) is 1. The maximum absolute atomic E-state index is 12.7. The molecule has 0 fully saturated rings. The Morgan fingerprint density at radius 2 is 1.60 bits per heavy atom. The van der Waals surface area contributed by atoms with Gasteiger partial charge in [0.05, 0.1) is 32.2 Å². The second-order valence-electron chi connectivity index (χ2n) is 7.39. The molecule has 30 heavy (non-hydrogen) atoms. The van der Waals surface area contributed by atoms with Gasteiger partial charge in [0.2, 0.25) is 15.9 Å². The van der Waals surface area contributed by atoms with Crippen LogP contribution in [0.15, 0.2) is 30.3 Å². The molecule has 1 N–H and O–H groups in total. The average molecular weight is 435 g/mol. The summed E-state index contributed by atoms with van der Waals surface area (Å²) in [5.41, 5.74) is 4.72. The molecule has 164 valence electrons. The van der Waals surface area contributed by atoms with E-state index in [4.69, 9.17) is 9.47 Å². The van der Waals surface area contributed by atoms with E-state index in [0.29, 0.717) is 17.2 Å². The van der Waals surface area contributed by atoms with E-state index in [-0.39, 0.29) is 12.6 Å². The van der Waals surface area contributed by atoms with Crippen LogP contribution < -0.4 is 19.1 Å². The first kappa shape index (κ1) is 23.5. The number of aryl methyl sites for hydroxylation is 3. The lowest BCUT2D eigenvalue weighted by molar-refractivity contribution is -0.120. The molecule has 0 aliphatic rings. The molecule has 2 rings (SSSR count). The van der Waals surface area contributed by atoms with E-state index in [1.165, 1.54) is 25.8 Å². The fourth-order valence-electron chi connectivity index (χ4n) is 3.32. The molecule has 1 unspecified atom stereocenters. The number of rotatable bonds is 8. The zero-order chi connectivity index (χ0) is 22.6. The molecule has 0 saturated carbocycles. The minimum absolute atomic E-state index is 0.261. The number of anilines is 1. The molecule has 8 heteroatoms. The summed E-state index contributed by atoms with van der Waals surface area (Å²) < 4.78 is 36.3. The minimum atomic E-state index is -3.70. The van der Waals surface area contributed by atoms with Crippen LogP contribution in [-0.4, -0.2) is 41.3 Å². The minimum Gasteiger partial charge on any atom is -0.493 e. The number of sulfonamides is 1. The number of carbonyl (C=O) groups is 1. The van der Waals surface area contributed by atoms with Crippen molar-refractivity contribution in [3.05, 3.63) is 52.6 Å². The summed E-state index contributed by atoms with van der Waals surface area (Å²) in [7, 11) is -0.742. The Labute approximate surface area is 179 Å². The van der Waals surface area contributed by atoms with E-state index in [2.05, 4.69) is 17.4 Å². The van der Waals surface area contributed by atoms with Crippen molar-refractivity contribution in [2.24, 2.45) is 0 Å². The molecular weight excluding hydrogens is 404 g/mol. The number of ether oxygens (including phenoxy) is 2. The van der Waals surface area contributed by atoms with Crippen LogP contribution in [0.3, 0.4) is 0 Å². The van der Waals surface area contributed by atoms with E-state index in [0.717, 1.165) is 27.3 Å². The molecular formula is C22H30N2O5S. The number of carbonyl (C=O) groups excluding carboxylic acids is 1. The van der Waals surface area contributed by atoms with Crippen LogP contribution in [0.4, 0.5) is 5.69 Å². The number of hydrogen-bond acceptors (Lipinski definition) is 5. The lowest BCUT2D eigenvalue weighted by atomic mass is 9.96. The lowest BCUT2D eigenvalue weighted by Crippen LogP contribution is -2.41. The Bertz CT molecular complexity index is 1030. The van der Waals surface area contributed by atoms with Crippen LogP contribution in [0.1, 0.15) is 35.2 Å². The van der Waals surface area contributed by atoms with Gasteiger partial charge in [0, 0.05) is 6.07 Å². The lowest BCUT2D eigenvalue weighted by Gasteiger charge is -2.24. The Kier molecular flexibility index (Phi) is 7.36. The first-order valence-electron chi connectivity index (χ1n) is 9.54. The van der Waals surface area contributed by atoms with Crippen LogP contribution >= 0.6 is 0 Å². The number of nitrogens with zero attached hydrogens (tertiary/aromatic N) is 1. The number of amides is 1. The van der Waals surface area contributed by atoms with Crippen molar-refractivity contribution >= 4 is 21.6 Å². The zero-order valence-electron chi connectivity index (χ0n) is 18.6. The fraction of sp³-hybridized carbons (Fsp3) is 0.409. The van der Waals surface area contributed by atoms with Gasteiger partial charge in [-0.1, -0.05) is 12.1 Å². The first-order chi connectivity index (χ1) is 14.0. The first-order valence-corrected chi connectivity index (χ1v) is 11.4. The van der Waals surface area contributed by atoms with Gasteiger partial charge in [0.15, 0.2) is 11.5 Å². The molecule has 2 aromatic rings. The third-order valence-corrected chi connectivity index (χ3v) is 6.21.